The van der Waals surface area contributed by atoms with Crippen molar-refractivity contribution in [2.75, 3.05) is 7.11 Å². The molecule has 5 nitrogen and oxygen atoms in total. The van der Waals surface area contributed by atoms with Crippen LogP contribution in [-0.4, -0.2) is 18.0 Å². The van der Waals surface area contributed by atoms with E-state index in [-0.39, 0.29) is 17.1 Å². The van der Waals surface area contributed by atoms with Crippen molar-refractivity contribution in [2.24, 2.45) is 4.99 Å². The van der Waals surface area contributed by atoms with Gasteiger partial charge in [0.05, 0.1) is 18.4 Å². The Hall–Kier alpha value is -3.08. The first kappa shape index (κ1) is 14.8. The fourth-order valence-electron chi connectivity index (χ4n) is 2.23. The van der Waals surface area contributed by atoms with E-state index in [4.69, 9.17) is 9.15 Å². The third-order valence-corrected chi connectivity index (χ3v) is 3.41. The van der Waals surface area contributed by atoms with Crippen molar-refractivity contribution in [1.82, 2.24) is 0 Å². The molecule has 1 aromatic heterocycles. The summed E-state index contributed by atoms with van der Waals surface area (Å²) in [5.74, 6) is 0.676. The minimum Gasteiger partial charge on any atom is -0.508 e. The van der Waals surface area contributed by atoms with Crippen LogP contribution in [0.2, 0.25) is 0 Å². The monoisotopic (exact) mass is 309 g/mol. The predicted molar refractivity (Wildman–Crippen MR) is 86.1 cm³/mol. The van der Waals surface area contributed by atoms with Crippen molar-refractivity contribution in [3.05, 3.63) is 59.6 Å². The van der Waals surface area contributed by atoms with Crippen LogP contribution in [0.4, 0.5) is 5.69 Å². The summed E-state index contributed by atoms with van der Waals surface area (Å²) in [4.78, 5) is 16.3. The van der Waals surface area contributed by atoms with Crippen molar-refractivity contribution >= 4 is 22.4 Å². The van der Waals surface area contributed by atoms with Crippen LogP contribution in [0.25, 0.3) is 11.0 Å². The Bertz CT molecular complexity index is 939. The highest BCUT2D eigenvalue weighted by Crippen LogP contribution is 2.21. The summed E-state index contributed by atoms with van der Waals surface area (Å²) in [5, 5.41) is 10.2. The highest BCUT2D eigenvalue weighted by atomic mass is 16.5. The molecule has 0 radical (unpaired) electrons. The first-order valence-corrected chi connectivity index (χ1v) is 7.03. The standard InChI is InChI=1S/C18H15NO4/c1-11(20)16-10-12-9-14(21)5-8-17(12)23-18(16)19-13-3-6-15(22-2)7-4-13/h3-10,21H,1-2H3/b19-18-. The molecule has 0 unspecified atom stereocenters. The maximum absolute atomic E-state index is 11.9. The zero-order chi connectivity index (χ0) is 16.4. The molecule has 0 saturated carbocycles. The number of nitrogens with zero attached hydrogens (tertiary/aromatic N) is 1. The average Bonchev–Trinajstić information content (AvgIpc) is 2.55. The van der Waals surface area contributed by atoms with Crippen LogP contribution in [0.3, 0.4) is 0 Å². The molecule has 1 N–H and O–H groups in total. The number of fused-ring (bicyclic) bond motifs is 1. The second-order valence-corrected chi connectivity index (χ2v) is 5.05. The van der Waals surface area contributed by atoms with Crippen molar-refractivity contribution < 1.29 is 19.1 Å². The molecule has 0 aliphatic heterocycles. The molecule has 0 fully saturated rings. The Morgan fingerprint density at radius 3 is 2.52 bits per heavy atom. The molecule has 0 aliphatic carbocycles. The zero-order valence-corrected chi connectivity index (χ0v) is 12.7. The lowest BCUT2D eigenvalue weighted by Gasteiger charge is -2.03. The van der Waals surface area contributed by atoms with Gasteiger partial charge in [0.1, 0.15) is 17.1 Å². The number of phenols is 1. The summed E-state index contributed by atoms with van der Waals surface area (Å²) in [6, 6.07) is 13.5. The van der Waals surface area contributed by atoms with E-state index in [0.717, 1.165) is 5.75 Å². The third kappa shape index (κ3) is 3.08. The van der Waals surface area contributed by atoms with Crippen LogP contribution in [0, 0.1) is 0 Å². The third-order valence-electron chi connectivity index (χ3n) is 3.41. The van der Waals surface area contributed by atoms with Gasteiger partial charge in [0.2, 0.25) is 5.55 Å². The van der Waals surface area contributed by atoms with Crippen LogP contribution in [0.1, 0.15) is 17.3 Å². The number of Topliss-reactive ketones (excluding diaryl/α,β-unsaturated/α-hetero) is 1. The van der Waals surface area contributed by atoms with Gasteiger partial charge < -0.3 is 14.3 Å². The number of benzene rings is 2. The Morgan fingerprint density at radius 2 is 1.87 bits per heavy atom. The van der Waals surface area contributed by atoms with E-state index < -0.39 is 0 Å². The van der Waals surface area contributed by atoms with E-state index >= 15 is 0 Å². The van der Waals surface area contributed by atoms with Gasteiger partial charge >= 0.3 is 0 Å². The average molecular weight is 309 g/mol. The molecule has 1 heterocycles. The van der Waals surface area contributed by atoms with Gasteiger partial charge in [-0.25, -0.2) is 4.99 Å². The highest BCUT2D eigenvalue weighted by Gasteiger charge is 2.09. The molecule has 23 heavy (non-hydrogen) atoms. The van der Waals surface area contributed by atoms with Crippen LogP contribution in [0.15, 0.2) is 57.9 Å². The number of rotatable bonds is 3. The molecule has 0 aliphatic rings. The lowest BCUT2D eigenvalue weighted by Crippen LogP contribution is -2.12. The van der Waals surface area contributed by atoms with Gasteiger partial charge in [0.25, 0.3) is 0 Å². The van der Waals surface area contributed by atoms with E-state index in [0.29, 0.717) is 22.2 Å². The summed E-state index contributed by atoms with van der Waals surface area (Å²) < 4.78 is 10.8. The Balaban J connectivity index is 2.21. The number of hydrogen-bond acceptors (Lipinski definition) is 5. The minimum atomic E-state index is -0.161. The van der Waals surface area contributed by atoms with Gasteiger partial charge in [-0.2, -0.15) is 0 Å². The molecular weight excluding hydrogens is 294 g/mol. The molecule has 5 heteroatoms. The first-order valence-electron chi connectivity index (χ1n) is 7.03. The Morgan fingerprint density at radius 1 is 1.13 bits per heavy atom. The van der Waals surface area contributed by atoms with E-state index in [1.807, 2.05) is 0 Å². The Labute approximate surface area is 132 Å². The zero-order valence-electron chi connectivity index (χ0n) is 12.7. The maximum Gasteiger partial charge on any atom is 0.230 e. The van der Waals surface area contributed by atoms with Crippen molar-refractivity contribution in [2.45, 2.75) is 6.92 Å². The molecule has 0 spiro atoms. The van der Waals surface area contributed by atoms with Gasteiger partial charge in [0.15, 0.2) is 5.78 Å². The van der Waals surface area contributed by atoms with Crippen LogP contribution >= 0.6 is 0 Å². The quantitative estimate of drug-likeness (QED) is 0.751. The maximum atomic E-state index is 11.9. The number of aromatic hydroxyl groups is 1. The molecule has 116 valence electrons. The van der Waals surface area contributed by atoms with Gasteiger partial charge in [0, 0.05) is 5.39 Å². The molecule has 0 bridgehead atoms. The van der Waals surface area contributed by atoms with E-state index in [9.17, 15) is 9.90 Å². The number of methoxy groups -OCH3 is 1. The summed E-state index contributed by atoms with van der Waals surface area (Å²) in [6.07, 6.45) is 0. The number of ketones is 1. The van der Waals surface area contributed by atoms with Gasteiger partial charge in [-0.15, -0.1) is 0 Å². The van der Waals surface area contributed by atoms with Crippen molar-refractivity contribution in [1.29, 1.82) is 0 Å². The number of hydrogen-bond donors (Lipinski definition) is 1. The highest BCUT2D eigenvalue weighted by molar-refractivity contribution is 5.96. The topological polar surface area (TPSA) is 72.0 Å². The summed E-state index contributed by atoms with van der Waals surface area (Å²) in [7, 11) is 1.59. The molecule has 3 rings (SSSR count). The first-order chi connectivity index (χ1) is 11.1. The van der Waals surface area contributed by atoms with Crippen molar-refractivity contribution in [3.8, 4) is 11.5 Å². The summed E-state index contributed by atoms with van der Waals surface area (Å²) in [5.41, 5.74) is 1.79. The van der Waals surface area contributed by atoms with E-state index in [2.05, 4.69) is 4.99 Å². The number of carbonyl (C=O) groups excluding carboxylic acids is 1. The normalized spacial score (nSPS) is 11.7. The summed E-state index contributed by atoms with van der Waals surface area (Å²) >= 11 is 0. The second-order valence-electron chi connectivity index (χ2n) is 5.05. The molecule has 2 aromatic carbocycles. The smallest absolute Gasteiger partial charge is 0.230 e. The summed E-state index contributed by atoms with van der Waals surface area (Å²) in [6.45, 7) is 1.45. The van der Waals surface area contributed by atoms with Crippen molar-refractivity contribution in [3.63, 3.8) is 0 Å². The molecule has 0 atom stereocenters. The Kier molecular flexibility index (Phi) is 3.85. The van der Waals surface area contributed by atoms with Crippen LogP contribution in [-0.2, 0) is 0 Å². The largest absolute Gasteiger partial charge is 0.508 e. The number of phenolic OH excluding ortho intramolecular Hbond substituents is 1. The van der Waals surface area contributed by atoms with Crippen LogP contribution < -0.4 is 10.3 Å². The van der Waals surface area contributed by atoms with Gasteiger partial charge in [-0.05, 0) is 55.5 Å². The molecular formula is C18H15NO4. The molecule has 3 aromatic rings. The molecule has 0 amide bonds. The SMILES string of the molecule is COc1ccc(/N=c2\oc3ccc(O)cc3cc2C(C)=O)cc1. The minimum absolute atomic E-state index is 0.113. The van der Waals surface area contributed by atoms with Crippen LogP contribution in [0.5, 0.6) is 11.5 Å². The predicted octanol–water partition coefficient (Wildman–Crippen LogP) is 3.58. The number of carbonyl (C=O) groups is 1. The second kappa shape index (κ2) is 5.96. The fraction of sp³-hybridized carbons (Fsp3) is 0.111. The fourth-order valence-corrected chi connectivity index (χ4v) is 2.23. The lowest BCUT2D eigenvalue weighted by atomic mass is 10.1. The van der Waals surface area contributed by atoms with Gasteiger partial charge in [-0.1, -0.05) is 0 Å². The van der Waals surface area contributed by atoms with Gasteiger partial charge in [-0.3, -0.25) is 4.79 Å². The van der Waals surface area contributed by atoms with E-state index in [1.54, 1.807) is 49.6 Å². The molecule has 0 saturated heterocycles. The lowest BCUT2D eigenvalue weighted by molar-refractivity contribution is 0.101. The van der Waals surface area contributed by atoms with E-state index in [1.165, 1.54) is 13.0 Å². The number of ether oxygens (including phenoxy) is 1.